The third kappa shape index (κ3) is 4.85. The van der Waals surface area contributed by atoms with E-state index in [4.69, 9.17) is 9.47 Å². The normalized spacial score (nSPS) is 10.5. The SMILES string of the molecule is CCc1ccccc1OCC(=O)N/N=C/c1ccccc1OC. The first-order valence-corrected chi connectivity index (χ1v) is 7.40. The van der Waals surface area contributed by atoms with E-state index in [0.29, 0.717) is 5.75 Å². The Hall–Kier alpha value is -2.82. The number of ether oxygens (including phenoxy) is 2. The van der Waals surface area contributed by atoms with Crippen LogP contribution < -0.4 is 14.9 Å². The number of carbonyl (C=O) groups excluding carboxylic acids is 1. The molecule has 0 saturated heterocycles. The molecule has 0 heterocycles. The third-order valence-corrected chi connectivity index (χ3v) is 3.24. The lowest BCUT2D eigenvalue weighted by molar-refractivity contribution is -0.123. The van der Waals surface area contributed by atoms with Gasteiger partial charge in [0, 0.05) is 5.56 Å². The highest BCUT2D eigenvalue weighted by Gasteiger charge is 2.05. The molecule has 0 aliphatic heterocycles. The van der Waals surface area contributed by atoms with Crippen LogP contribution in [0, 0.1) is 0 Å². The van der Waals surface area contributed by atoms with E-state index in [1.165, 1.54) is 6.21 Å². The number of carbonyl (C=O) groups is 1. The number of benzene rings is 2. The molecule has 0 saturated carbocycles. The number of hydrogen-bond acceptors (Lipinski definition) is 4. The number of aryl methyl sites for hydroxylation is 1. The highest BCUT2D eigenvalue weighted by Crippen LogP contribution is 2.18. The molecule has 1 N–H and O–H groups in total. The molecule has 120 valence electrons. The van der Waals surface area contributed by atoms with Gasteiger partial charge in [-0.05, 0) is 30.2 Å². The van der Waals surface area contributed by atoms with Crippen LogP contribution in [0.4, 0.5) is 0 Å². The fraction of sp³-hybridized carbons (Fsp3) is 0.222. The molecular weight excluding hydrogens is 292 g/mol. The number of methoxy groups -OCH3 is 1. The Morgan fingerprint density at radius 3 is 2.57 bits per heavy atom. The molecule has 0 fully saturated rings. The molecule has 2 aromatic rings. The third-order valence-electron chi connectivity index (χ3n) is 3.24. The predicted molar refractivity (Wildman–Crippen MR) is 90.0 cm³/mol. The van der Waals surface area contributed by atoms with E-state index >= 15 is 0 Å². The van der Waals surface area contributed by atoms with E-state index in [0.717, 1.165) is 23.3 Å². The lowest BCUT2D eigenvalue weighted by Crippen LogP contribution is -2.24. The molecule has 0 spiro atoms. The summed E-state index contributed by atoms with van der Waals surface area (Å²) in [5.74, 6) is 1.10. The summed E-state index contributed by atoms with van der Waals surface area (Å²) < 4.78 is 10.7. The van der Waals surface area contributed by atoms with Crippen LogP contribution in [-0.2, 0) is 11.2 Å². The van der Waals surface area contributed by atoms with Gasteiger partial charge < -0.3 is 9.47 Å². The van der Waals surface area contributed by atoms with Crippen LogP contribution in [-0.4, -0.2) is 25.8 Å². The molecule has 1 amide bonds. The zero-order valence-electron chi connectivity index (χ0n) is 13.3. The van der Waals surface area contributed by atoms with Crippen LogP contribution in [0.3, 0.4) is 0 Å². The van der Waals surface area contributed by atoms with Gasteiger partial charge in [0.05, 0.1) is 13.3 Å². The Balaban J connectivity index is 1.87. The average molecular weight is 312 g/mol. The van der Waals surface area contributed by atoms with Gasteiger partial charge in [-0.1, -0.05) is 37.3 Å². The van der Waals surface area contributed by atoms with Gasteiger partial charge in [-0.3, -0.25) is 4.79 Å². The molecule has 0 unspecified atom stereocenters. The second-order valence-corrected chi connectivity index (χ2v) is 4.79. The summed E-state index contributed by atoms with van der Waals surface area (Å²) in [6.07, 6.45) is 2.39. The van der Waals surface area contributed by atoms with E-state index in [9.17, 15) is 4.79 Å². The van der Waals surface area contributed by atoms with Gasteiger partial charge in [0.2, 0.25) is 0 Å². The second-order valence-electron chi connectivity index (χ2n) is 4.79. The minimum Gasteiger partial charge on any atom is -0.496 e. The first-order chi connectivity index (χ1) is 11.2. The maximum Gasteiger partial charge on any atom is 0.277 e. The standard InChI is InChI=1S/C18H20N2O3/c1-3-14-8-4-7-11-17(14)23-13-18(21)20-19-12-15-9-5-6-10-16(15)22-2/h4-12H,3,13H2,1-2H3,(H,20,21)/b19-12+. The minimum absolute atomic E-state index is 0.0831. The zero-order valence-corrected chi connectivity index (χ0v) is 13.3. The summed E-state index contributed by atoms with van der Waals surface area (Å²) in [7, 11) is 1.59. The largest absolute Gasteiger partial charge is 0.496 e. The second kappa shape index (κ2) is 8.58. The smallest absolute Gasteiger partial charge is 0.277 e. The first kappa shape index (κ1) is 16.5. The fourth-order valence-electron chi connectivity index (χ4n) is 2.06. The lowest BCUT2D eigenvalue weighted by Gasteiger charge is -2.09. The predicted octanol–water partition coefficient (Wildman–Crippen LogP) is 2.79. The summed E-state index contributed by atoms with van der Waals surface area (Å²) in [4.78, 5) is 11.8. The van der Waals surface area contributed by atoms with Crippen molar-refractivity contribution in [2.75, 3.05) is 13.7 Å². The van der Waals surface area contributed by atoms with Crippen molar-refractivity contribution in [1.82, 2.24) is 5.43 Å². The van der Waals surface area contributed by atoms with Gasteiger partial charge in [-0.15, -0.1) is 0 Å². The molecule has 2 aromatic carbocycles. The number of nitrogens with zero attached hydrogens (tertiary/aromatic N) is 1. The van der Waals surface area contributed by atoms with Crippen LogP contribution in [0.5, 0.6) is 11.5 Å². The van der Waals surface area contributed by atoms with Gasteiger partial charge in [0.15, 0.2) is 6.61 Å². The average Bonchev–Trinajstić information content (AvgIpc) is 2.60. The maximum absolute atomic E-state index is 11.8. The van der Waals surface area contributed by atoms with Crippen LogP contribution in [0.25, 0.3) is 0 Å². The molecule has 0 aromatic heterocycles. The summed E-state index contributed by atoms with van der Waals surface area (Å²) in [5, 5.41) is 3.92. The Morgan fingerprint density at radius 1 is 1.13 bits per heavy atom. The van der Waals surface area contributed by atoms with Crippen molar-refractivity contribution in [3.8, 4) is 11.5 Å². The number of nitrogens with one attached hydrogen (secondary N) is 1. The van der Waals surface area contributed by atoms with E-state index < -0.39 is 0 Å². The van der Waals surface area contributed by atoms with E-state index in [-0.39, 0.29) is 12.5 Å². The van der Waals surface area contributed by atoms with Crippen molar-refractivity contribution in [2.45, 2.75) is 13.3 Å². The van der Waals surface area contributed by atoms with Crippen molar-refractivity contribution < 1.29 is 14.3 Å². The highest BCUT2D eigenvalue weighted by molar-refractivity contribution is 5.85. The van der Waals surface area contributed by atoms with Crippen molar-refractivity contribution in [3.05, 3.63) is 59.7 Å². The number of hydrogen-bond donors (Lipinski definition) is 1. The lowest BCUT2D eigenvalue weighted by atomic mass is 10.1. The highest BCUT2D eigenvalue weighted by atomic mass is 16.5. The maximum atomic E-state index is 11.8. The summed E-state index contributed by atoms with van der Waals surface area (Å²) in [6, 6.07) is 15.1. The van der Waals surface area contributed by atoms with Crippen LogP contribution in [0.2, 0.25) is 0 Å². The summed E-state index contributed by atoms with van der Waals surface area (Å²) >= 11 is 0. The molecule has 5 heteroatoms. The van der Waals surface area contributed by atoms with Gasteiger partial charge in [-0.2, -0.15) is 5.10 Å². The van der Waals surface area contributed by atoms with Crippen LogP contribution in [0.15, 0.2) is 53.6 Å². The Bertz CT molecular complexity index is 683. The molecule has 0 atom stereocenters. The monoisotopic (exact) mass is 312 g/mol. The van der Waals surface area contributed by atoms with Crippen LogP contribution >= 0.6 is 0 Å². The first-order valence-electron chi connectivity index (χ1n) is 7.40. The fourth-order valence-corrected chi connectivity index (χ4v) is 2.06. The number of rotatable bonds is 7. The topological polar surface area (TPSA) is 59.9 Å². The van der Waals surface area contributed by atoms with Crippen molar-refractivity contribution in [1.29, 1.82) is 0 Å². The van der Waals surface area contributed by atoms with Crippen LogP contribution in [0.1, 0.15) is 18.1 Å². The minimum atomic E-state index is -0.318. The number of hydrazone groups is 1. The van der Waals surface area contributed by atoms with Crippen molar-refractivity contribution in [3.63, 3.8) is 0 Å². The van der Waals surface area contributed by atoms with Gasteiger partial charge in [-0.25, -0.2) is 5.43 Å². The molecule has 23 heavy (non-hydrogen) atoms. The summed E-state index contributed by atoms with van der Waals surface area (Å²) in [5.41, 5.74) is 4.29. The quantitative estimate of drug-likeness (QED) is 0.632. The molecule has 0 radical (unpaired) electrons. The zero-order chi connectivity index (χ0) is 16.5. The number of amides is 1. The molecule has 0 bridgehead atoms. The molecule has 2 rings (SSSR count). The van der Waals surface area contributed by atoms with Gasteiger partial charge in [0.1, 0.15) is 11.5 Å². The van der Waals surface area contributed by atoms with Crippen molar-refractivity contribution >= 4 is 12.1 Å². The van der Waals surface area contributed by atoms with Gasteiger partial charge in [0.25, 0.3) is 5.91 Å². The Morgan fingerprint density at radius 2 is 1.83 bits per heavy atom. The molecule has 0 aliphatic carbocycles. The van der Waals surface area contributed by atoms with E-state index in [1.807, 2.05) is 55.5 Å². The Kier molecular flexibility index (Phi) is 6.17. The van der Waals surface area contributed by atoms with Gasteiger partial charge >= 0.3 is 0 Å². The number of para-hydroxylation sites is 2. The van der Waals surface area contributed by atoms with Crippen molar-refractivity contribution in [2.24, 2.45) is 5.10 Å². The Labute approximate surface area is 135 Å². The molecule has 5 nitrogen and oxygen atoms in total. The summed E-state index contributed by atoms with van der Waals surface area (Å²) in [6.45, 7) is 1.96. The molecule has 0 aliphatic rings. The van der Waals surface area contributed by atoms with E-state index in [1.54, 1.807) is 7.11 Å². The molecular formula is C18H20N2O3. The van der Waals surface area contributed by atoms with E-state index in [2.05, 4.69) is 10.5 Å².